The molecule has 0 aliphatic carbocycles. The van der Waals surface area contributed by atoms with Gasteiger partial charge in [0, 0.05) is 17.8 Å². The maximum atomic E-state index is 4.61. The standard InChI is InChI=1S/C15H14N2.ClH/c1-3-7-13(8-4-1)15-16-11-12-17(15)14-9-5-2-6-10-14;/h1-10H,11-12H2;1H. The molecular formula is C15H15ClN2. The number of hydrogen-bond donors (Lipinski definition) is 0. The van der Waals surface area contributed by atoms with Gasteiger partial charge in [0.05, 0.1) is 6.54 Å². The van der Waals surface area contributed by atoms with Gasteiger partial charge in [-0.1, -0.05) is 48.5 Å². The van der Waals surface area contributed by atoms with Crippen molar-refractivity contribution in [2.24, 2.45) is 4.99 Å². The number of para-hydroxylation sites is 1. The minimum atomic E-state index is 0. The van der Waals surface area contributed by atoms with E-state index in [1.54, 1.807) is 0 Å². The van der Waals surface area contributed by atoms with E-state index in [4.69, 9.17) is 0 Å². The van der Waals surface area contributed by atoms with Crippen molar-refractivity contribution in [3.8, 4) is 0 Å². The van der Waals surface area contributed by atoms with Gasteiger partial charge in [-0.15, -0.1) is 12.4 Å². The fourth-order valence-electron chi connectivity index (χ4n) is 2.14. The van der Waals surface area contributed by atoms with Crippen LogP contribution in [0.3, 0.4) is 0 Å². The Labute approximate surface area is 113 Å². The van der Waals surface area contributed by atoms with E-state index < -0.39 is 0 Å². The zero-order valence-corrected chi connectivity index (χ0v) is 10.8. The van der Waals surface area contributed by atoms with E-state index in [0.717, 1.165) is 18.9 Å². The summed E-state index contributed by atoms with van der Waals surface area (Å²) in [5.41, 5.74) is 2.40. The van der Waals surface area contributed by atoms with Crippen LogP contribution in [0, 0.1) is 0 Å². The molecule has 0 radical (unpaired) electrons. The second-order valence-corrected chi connectivity index (χ2v) is 4.06. The molecule has 0 spiro atoms. The summed E-state index contributed by atoms with van der Waals surface area (Å²) in [7, 11) is 0. The number of anilines is 1. The molecule has 18 heavy (non-hydrogen) atoms. The number of nitrogens with zero attached hydrogens (tertiary/aromatic N) is 2. The minimum absolute atomic E-state index is 0. The highest BCUT2D eigenvalue weighted by molar-refractivity contribution is 6.11. The Morgan fingerprint density at radius 1 is 0.833 bits per heavy atom. The maximum Gasteiger partial charge on any atom is 0.135 e. The van der Waals surface area contributed by atoms with Crippen LogP contribution in [0.4, 0.5) is 5.69 Å². The van der Waals surface area contributed by atoms with Crippen LogP contribution in [-0.2, 0) is 0 Å². The normalized spacial score (nSPS) is 14.0. The molecule has 2 aromatic rings. The van der Waals surface area contributed by atoms with E-state index in [2.05, 4.69) is 58.4 Å². The molecule has 0 N–H and O–H groups in total. The highest BCUT2D eigenvalue weighted by Crippen LogP contribution is 2.20. The molecule has 1 aliphatic heterocycles. The second kappa shape index (κ2) is 5.69. The monoisotopic (exact) mass is 258 g/mol. The third kappa shape index (κ3) is 2.39. The lowest BCUT2D eigenvalue weighted by Crippen LogP contribution is -2.27. The molecule has 2 nitrogen and oxygen atoms in total. The molecule has 3 rings (SSSR count). The van der Waals surface area contributed by atoms with Crippen molar-refractivity contribution < 1.29 is 0 Å². The van der Waals surface area contributed by atoms with Gasteiger partial charge in [0.2, 0.25) is 0 Å². The van der Waals surface area contributed by atoms with E-state index in [1.807, 2.05) is 12.1 Å². The third-order valence-electron chi connectivity index (χ3n) is 2.94. The van der Waals surface area contributed by atoms with Crippen molar-refractivity contribution in [3.63, 3.8) is 0 Å². The largest absolute Gasteiger partial charge is 0.324 e. The summed E-state index contributed by atoms with van der Waals surface area (Å²) in [6, 6.07) is 20.8. The van der Waals surface area contributed by atoms with Crippen LogP contribution >= 0.6 is 12.4 Å². The summed E-state index contributed by atoms with van der Waals surface area (Å²) in [6.45, 7) is 1.84. The number of benzene rings is 2. The summed E-state index contributed by atoms with van der Waals surface area (Å²) < 4.78 is 0. The van der Waals surface area contributed by atoms with E-state index in [0.29, 0.717) is 0 Å². The van der Waals surface area contributed by atoms with Crippen LogP contribution in [0.25, 0.3) is 0 Å². The first-order chi connectivity index (χ1) is 8.45. The number of rotatable bonds is 2. The Hall–Kier alpha value is -1.80. The van der Waals surface area contributed by atoms with E-state index >= 15 is 0 Å². The van der Waals surface area contributed by atoms with Crippen molar-refractivity contribution in [3.05, 3.63) is 66.2 Å². The SMILES string of the molecule is Cl.c1ccc(C2=NCCN2c2ccccc2)cc1. The summed E-state index contributed by atoms with van der Waals surface area (Å²) in [6.07, 6.45) is 0. The van der Waals surface area contributed by atoms with E-state index in [1.165, 1.54) is 11.3 Å². The van der Waals surface area contributed by atoms with Crippen molar-refractivity contribution in [1.29, 1.82) is 0 Å². The van der Waals surface area contributed by atoms with Gasteiger partial charge in [0.15, 0.2) is 0 Å². The smallest absolute Gasteiger partial charge is 0.135 e. The summed E-state index contributed by atoms with van der Waals surface area (Å²) in [5.74, 6) is 1.08. The Kier molecular flexibility index (Phi) is 4.00. The van der Waals surface area contributed by atoms with Crippen LogP contribution in [0.5, 0.6) is 0 Å². The highest BCUT2D eigenvalue weighted by atomic mass is 35.5. The molecule has 0 atom stereocenters. The van der Waals surface area contributed by atoms with Crippen LogP contribution in [0.1, 0.15) is 5.56 Å². The predicted molar refractivity (Wildman–Crippen MR) is 78.9 cm³/mol. The highest BCUT2D eigenvalue weighted by Gasteiger charge is 2.19. The van der Waals surface area contributed by atoms with Crippen molar-refractivity contribution in [2.75, 3.05) is 18.0 Å². The van der Waals surface area contributed by atoms with Crippen LogP contribution in [0.15, 0.2) is 65.7 Å². The van der Waals surface area contributed by atoms with Crippen molar-refractivity contribution in [2.45, 2.75) is 0 Å². The van der Waals surface area contributed by atoms with Gasteiger partial charge < -0.3 is 4.90 Å². The maximum absolute atomic E-state index is 4.61. The first-order valence-corrected chi connectivity index (χ1v) is 5.87. The van der Waals surface area contributed by atoms with Gasteiger partial charge in [-0.2, -0.15) is 0 Å². The molecule has 1 heterocycles. The summed E-state index contributed by atoms with van der Waals surface area (Å²) >= 11 is 0. The topological polar surface area (TPSA) is 15.6 Å². The Bertz CT molecular complexity index is 523. The quantitative estimate of drug-likeness (QED) is 0.806. The van der Waals surface area contributed by atoms with Crippen LogP contribution in [-0.4, -0.2) is 18.9 Å². The molecule has 0 bridgehead atoms. The molecule has 2 aromatic carbocycles. The second-order valence-electron chi connectivity index (χ2n) is 4.06. The van der Waals surface area contributed by atoms with Gasteiger partial charge in [0.25, 0.3) is 0 Å². The fraction of sp³-hybridized carbons (Fsp3) is 0.133. The Morgan fingerprint density at radius 3 is 2.11 bits per heavy atom. The lowest BCUT2D eigenvalue weighted by atomic mass is 10.2. The molecule has 0 fully saturated rings. The molecule has 3 heteroatoms. The lowest BCUT2D eigenvalue weighted by Gasteiger charge is -2.20. The van der Waals surface area contributed by atoms with Gasteiger partial charge in [0.1, 0.15) is 5.84 Å². The Balaban J connectivity index is 0.00000120. The average Bonchev–Trinajstić information content (AvgIpc) is 2.90. The number of hydrogen-bond acceptors (Lipinski definition) is 2. The molecule has 1 aliphatic rings. The zero-order chi connectivity index (χ0) is 11.5. The first-order valence-electron chi connectivity index (χ1n) is 5.87. The summed E-state index contributed by atoms with van der Waals surface area (Å²) in [5, 5.41) is 0. The number of aliphatic imine (C=N–C) groups is 1. The minimum Gasteiger partial charge on any atom is -0.324 e. The lowest BCUT2D eigenvalue weighted by molar-refractivity contribution is 1.02. The molecular weight excluding hydrogens is 244 g/mol. The molecule has 0 aromatic heterocycles. The van der Waals surface area contributed by atoms with Gasteiger partial charge in [-0.25, -0.2) is 0 Å². The first kappa shape index (κ1) is 12.7. The van der Waals surface area contributed by atoms with E-state index in [9.17, 15) is 0 Å². The molecule has 0 saturated carbocycles. The number of amidine groups is 1. The fourth-order valence-corrected chi connectivity index (χ4v) is 2.14. The van der Waals surface area contributed by atoms with Crippen molar-refractivity contribution >= 4 is 23.9 Å². The predicted octanol–water partition coefficient (Wildman–Crippen LogP) is 3.38. The van der Waals surface area contributed by atoms with Crippen LogP contribution in [0.2, 0.25) is 0 Å². The zero-order valence-electron chi connectivity index (χ0n) is 9.99. The van der Waals surface area contributed by atoms with Gasteiger partial charge >= 0.3 is 0 Å². The third-order valence-corrected chi connectivity index (χ3v) is 2.94. The number of halogens is 1. The molecule has 0 unspecified atom stereocenters. The molecule has 0 amide bonds. The van der Waals surface area contributed by atoms with Crippen LogP contribution < -0.4 is 4.90 Å². The van der Waals surface area contributed by atoms with Crippen molar-refractivity contribution in [1.82, 2.24) is 0 Å². The van der Waals surface area contributed by atoms with Gasteiger partial charge in [-0.3, -0.25) is 4.99 Å². The summed E-state index contributed by atoms with van der Waals surface area (Å²) in [4.78, 5) is 6.88. The molecule has 0 saturated heterocycles. The Morgan fingerprint density at radius 2 is 1.44 bits per heavy atom. The van der Waals surface area contributed by atoms with Gasteiger partial charge in [-0.05, 0) is 12.1 Å². The van der Waals surface area contributed by atoms with E-state index in [-0.39, 0.29) is 12.4 Å². The average molecular weight is 259 g/mol. The molecule has 92 valence electrons.